The second-order valence-electron chi connectivity index (χ2n) is 6.92. The minimum absolute atomic E-state index is 0.188. The van der Waals surface area contributed by atoms with Crippen LogP contribution in [-0.2, 0) is 9.53 Å². The summed E-state index contributed by atoms with van der Waals surface area (Å²) in [6, 6.07) is 15.2. The molecular weight excluding hydrogens is 428 g/mol. The van der Waals surface area contributed by atoms with Gasteiger partial charge in [-0.25, -0.2) is 4.79 Å². The minimum atomic E-state index is -0.614. The Bertz CT molecular complexity index is 1100. The largest absolute Gasteiger partial charge is 0.481 e. The summed E-state index contributed by atoms with van der Waals surface area (Å²) in [7, 11) is 0. The lowest BCUT2D eigenvalue weighted by Crippen LogP contribution is -2.20. The molecule has 1 aliphatic rings. The van der Waals surface area contributed by atoms with Crippen molar-refractivity contribution in [1.82, 2.24) is 15.2 Å². The quantitative estimate of drug-likeness (QED) is 0.392. The van der Waals surface area contributed by atoms with Gasteiger partial charge >= 0.3 is 5.97 Å². The first-order valence-corrected chi connectivity index (χ1v) is 11.5. The summed E-state index contributed by atoms with van der Waals surface area (Å²) in [6.07, 6.45) is 0.390. The van der Waals surface area contributed by atoms with Crippen LogP contribution in [0.5, 0.6) is 11.6 Å². The molecule has 1 aliphatic heterocycles. The maximum Gasteiger partial charge on any atom is 0.344 e. The number of hydrogen-bond donors (Lipinski definition) is 1. The van der Waals surface area contributed by atoms with Gasteiger partial charge in [0.05, 0.1) is 12.2 Å². The van der Waals surface area contributed by atoms with Crippen molar-refractivity contribution in [1.29, 1.82) is 0 Å². The highest BCUT2D eigenvalue weighted by atomic mass is 32.2. The number of fused-ring (bicyclic) bond motifs is 3. The minimum Gasteiger partial charge on any atom is -0.481 e. The molecule has 0 amide bonds. The average molecular weight is 453 g/mol. The van der Waals surface area contributed by atoms with Gasteiger partial charge < -0.3 is 19.5 Å². The third-order valence-electron chi connectivity index (χ3n) is 4.62. The molecular formula is C23H24N4O4S. The highest BCUT2D eigenvalue weighted by molar-refractivity contribution is 7.99. The smallest absolute Gasteiger partial charge is 0.344 e. The van der Waals surface area contributed by atoms with Crippen LogP contribution in [0.15, 0.2) is 53.7 Å². The van der Waals surface area contributed by atoms with E-state index in [9.17, 15) is 4.79 Å². The number of carbonyl (C=O) groups excluding carboxylic acids is 1. The summed E-state index contributed by atoms with van der Waals surface area (Å²) >= 11 is 1.54. The lowest BCUT2D eigenvalue weighted by atomic mass is 10.1. The first kappa shape index (κ1) is 21.9. The molecule has 0 fully saturated rings. The second kappa shape index (κ2) is 10.3. The van der Waals surface area contributed by atoms with E-state index >= 15 is 0 Å². The number of thioether (sulfide) groups is 1. The van der Waals surface area contributed by atoms with Crippen LogP contribution < -0.4 is 14.8 Å². The van der Waals surface area contributed by atoms with Gasteiger partial charge in [0.1, 0.15) is 5.75 Å². The van der Waals surface area contributed by atoms with E-state index in [2.05, 4.69) is 27.4 Å². The number of rotatable bonds is 8. The number of hydrogen-bond acceptors (Lipinski definition) is 9. The van der Waals surface area contributed by atoms with Crippen LogP contribution in [0.2, 0.25) is 0 Å². The van der Waals surface area contributed by atoms with Crippen molar-refractivity contribution in [2.45, 2.75) is 31.7 Å². The standard InChI is InChI=1S/C23H24N4O4S/c1-3-13-32-23-25-22-20(26-27-23)15-9-5-7-11-17(15)24-21(31-22)16-10-6-8-12-18(16)30-14-19(28)29-4-2/h5-12,21,24H,3-4,13-14H2,1-2H3/t21-/m0/s1. The molecule has 2 heterocycles. The Morgan fingerprint density at radius 3 is 2.78 bits per heavy atom. The van der Waals surface area contributed by atoms with Crippen molar-refractivity contribution in [3.63, 3.8) is 0 Å². The first-order valence-electron chi connectivity index (χ1n) is 10.5. The number of benzene rings is 2. The summed E-state index contributed by atoms with van der Waals surface area (Å²) < 4.78 is 17.0. The molecule has 1 N–H and O–H groups in total. The predicted octanol–water partition coefficient (Wildman–Crippen LogP) is 4.49. The molecule has 0 saturated heterocycles. The van der Waals surface area contributed by atoms with E-state index in [1.54, 1.807) is 13.0 Å². The van der Waals surface area contributed by atoms with Crippen LogP contribution in [-0.4, -0.2) is 40.1 Å². The molecule has 0 bridgehead atoms. The maximum absolute atomic E-state index is 11.8. The van der Waals surface area contributed by atoms with E-state index in [0.29, 0.717) is 29.1 Å². The van der Waals surface area contributed by atoms with E-state index in [1.165, 1.54) is 11.8 Å². The normalized spacial score (nSPS) is 14.2. The predicted molar refractivity (Wildman–Crippen MR) is 122 cm³/mol. The fraction of sp³-hybridized carbons (Fsp3) is 0.304. The monoisotopic (exact) mass is 452 g/mol. The van der Waals surface area contributed by atoms with Crippen LogP contribution in [0.25, 0.3) is 11.3 Å². The molecule has 166 valence electrons. The number of para-hydroxylation sites is 2. The fourth-order valence-electron chi connectivity index (χ4n) is 3.21. The van der Waals surface area contributed by atoms with Gasteiger partial charge in [-0.1, -0.05) is 49.0 Å². The van der Waals surface area contributed by atoms with Gasteiger partial charge in [-0.3, -0.25) is 0 Å². The molecule has 9 heteroatoms. The van der Waals surface area contributed by atoms with Crippen molar-refractivity contribution in [3.05, 3.63) is 54.1 Å². The molecule has 0 radical (unpaired) electrons. The Hall–Kier alpha value is -3.33. The topological polar surface area (TPSA) is 95.5 Å². The number of anilines is 1. The number of aromatic nitrogens is 3. The van der Waals surface area contributed by atoms with Crippen molar-refractivity contribution >= 4 is 23.4 Å². The van der Waals surface area contributed by atoms with E-state index in [1.807, 2.05) is 42.5 Å². The molecule has 4 rings (SSSR count). The van der Waals surface area contributed by atoms with Crippen LogP contribution >= 0.6 is 11.8 Å². The maximum atomic E-state index is 11.8. The van der Waals surface area contributed by atoms with Gasteiger partial charge in [0.25, 0.3) is 0 Å². The van der Waals surface area contributed by atoms with Crippen LogP contribution in [0.1, 0.15) is 32.1 Å². The van der Waals surface area contributed by atoms with Gasteiger partial charge in [0.15, 0.2) is 12.3 Å². The van der Waals surface area contributed by atoms with Gasteiger partial charge in [0.2, 0.25) is 17.3 Å². The second-order valence-corrected chi connectivity index (χ2v) is 7.98. The van der Waals surface area contributed by atoms with Gasteiger partial charge in [0, 0.05) is 17.0 Å². The molecule has 8 nitrogen and oxygen atoms in total. The molecule has 0 spiro atoms. The Labute approximate surface area is 190 Å². The number of carbonyl (C=O) groups is 1. The highest BCUT2D eigenvalue weighted by Crippen LogP contribution is 2.41. The summed E-state index contributed by atoms with van der Waals surface area (Å²) in [6.45, 7) is 3.97. The van der Waals surface area contributed by atoms with E-state index in [-0.39, 0.29) is 6.61 Å². The van der Waals surface area contributed by atoms with Crippen LogP contribution in [0, 0.1) is 0 Å². The zero-order chi connectivity index (χ0) is 22.3. The molecule has 32 heavy (non-hydrogen) atoms. The Balaban J connectivity index is 1.69. The van der Waals surface area contributed by atoms with Crippen molar-refractivity contribution in [3.8, 4) is 22.9 Å². The third-order valence-corrected chi connectivity index (χ3v) is 5.66. The number of ether oxygens (including phenoxy) is 3. The lowest BCUT2D eigenvalue weighted by Gasteiger charge is -2.21. The zero-order valence-electron chi connectivity index (χ0n) is 17.9. The molecule has 0 saturated carbocycles. The zero-order valence-corrected chi connectivity index (χ0v) is 18.7. The van der Waals surface area contributed by atoms with Crippen molar-refractivity contribution < 1.29 is 19.0 Å². The molecule has 1 aromatic heterocycles. The van der Waals surface area contributed by atoms with Gasteiger partial charge in [-0.2, -0.15) is 4.98 Å². The van der Waals surface area contributed by atoms with Gasteiger partial charge in [-0.05, 0) is 31.5 Å². The molecule has 1 atom stereocenters. The summed E-state index contributed by atoms with van der Waals surface area (Å²) in [4.78, 5) is 16.4. The first-order chi connectivity index (χ1) is 15.7. The van der Waals surface area contributed by atoms with Crippen LogP contribution in [0.3, 0.4) is 0 Å². The summed E-state index contributed by atoms with van der Waals surface area (Å²) in [5.74, 6) is 1.37. The molecule has 2 aromatic carbocycles. The summed E-state index contributed by atoms with van der Waals surface area (Å²) in [5, 5.41) is 12.7. The summed E-state index contributed by atoms with van der Waals surface area (Å²) in [5.41, 5.74) is 2.98. The molecule has 0 aliphatic carbocycles. The van der Waals surface area contributed by atoms with E-state index in [4.69, 9.17) is 14.2 Å². The third kappa shape index (κ3) is 4.94. The van der Waals surface area contributed by atoms with Crippen molar-refractivity contribution in [2.75, 3.05) is 24.3 Å². The fourth-order valence-corrected chi connectivity index (χ4v) is 3.84. The van der Waals surface area contributed by atoms with Gasteiger partial charge in [-0.15, -0.1) is 10.2 Å². The Kier molecular flexibility index (Phi) is 7.06. The highest BCUT2D eigenvalue weighted by Gasteiger charge is 2.28. The molecule has 0 unspecified atom stereocenters. The van der Waals surface area contributed by atoms with Crippen LogP contribution in [0.4, 0.5) is 5.69 Å². The van der Waals surface area contributed by atoms with E-state index in [0.717, 1.165) is 29.0 Å². The molecule has 3 aromatic rings. The number of esters is 1. The average Bonchev–Trinajstić information content (AvgIpc) is 2.98. The number of nitrogens with zero attached hydrogens (tertiary/aromatic N) is 3. The van der Waals surface area contributed by atoms with Crippen molar-refractivity contribution in [2.24, 2.45) is 0 Å². The lowest BCUT2D eigenvalue weighted by molar-refractivity contribution is -0.145. The Morgan fingerprint density at radius 2 is 1.94 bits per heavy atom. The number of nitrogens with one attached hydrogen (secondary N) is 1. The Morgan fingerprint density at radius 1 is 1.12 bits per heavy atom. The SMILES string of the molecule is CCCSc1nnc2c(n1)O[C@@H](c1ccccc1OCC(=O)OCC)Nc1ccccc1-2. The van der Waals surface area contributed by atoms with E-state index < -0.39 is 12.2 Å².